The van der Waals surface area contributed by atoms with E-state index in [4.69, 9.17) is 0 Å². The van der Waals surface area contributed by atoms with Crippen LogP contribution in [0, 0.1) is 0 Å². The van der Waals surface area contributed by atoms with Crippen molar-refractivity contribution in [2.75, 3.05) is 13.7 Å². The molecule has 0 saturated carbocycles. The molecule has 0 bridgehead atoms. The molecule has 3 rings (SSSR count). The fraction of sp³-hybridized carbons (Fsp3) is 0.167. The van der Waals surface area contributed by atoms with E-state index in [0.717, 1.165) is 5.56 Å². The van der Waals surface area contributed by atoms with E-state index in [1.54, 1.807) is 18.3 Å². The van der Waals surface area contributed by atoms with Gasteiger partial charge in [0.2, 0.25) is 0 Å². The lowest BCUT2D eigenvalue weighted by molar-refractivity contribution is -0.139. The second kappa shape index (κ2) is 7.56. The minimum absolute atomic E-state index is 0.243. The molecule has 0 radical (unpaired) electrons. The number of fused-ring (bicyclic) bond motifs is 1. The number of nitrogens with one attached hydrogen (secondary N) is 1. The number of hydrogen-bond acceptors (Lipinski definition) is 6. The van der Waals surface area contributed by atoms with Crippen LogP contribution in [0.1, 0.15) is 16.1 Å². The number of nitrogens with zero attached hydrogens (tertiary/aromatic N) is 3. The van der Waals surface area contributed by atoms with E-state index in [-0.39, 0.29) is 18.8 Å². The third-order valence-electron chi connectivity index (χ3n) is 3.72. The standard InChI is InChI=1S/C18H16N4O4/c1-26-14(23)10-20-17(24)15-18(25)22(11-12-6-3-2-4-7-12)16-13(21-15)8-5-9-19-16/h2-9H,10-11H2,1H3,(H,20,24). The normalized spacial score (nSPS) is 10.5. The molecule has 8 heteroatoms. The lowest BCUT2D eigenvalue weighted by atomic mass is 10.2. The van der Waals surface area contributed by atoms with Crippen molar-refractivity contribution in [3.63, 3.8) is 0 Å². The fourth-order valence-corrected chi connectivity index (χ4v) is 2.44. The first kappa shape index (κ1) is 17.3. The summed E-state index contributed by atoms with van der Waals surface area (Å²) in [6, 6.07) is 12.7. The number of hydrogen-bond donors (Lipinski definition) is 1. The highest BCUT2D eigenvalue weighted by Gasteiger charge is 2.19. The molecule has 0 spiro atoms. The number of benzene rings is 1. The molecule has 2 aromatic heterocycles. The van der Waals surface area contributed by atoms with Gasteiger partial charge in [0.25, 0.3) is 11.5 Å². The summed E-state index contributed by atoms with van der Waals surface area (Å²) < 4.78 is 5.87. The zero-order valence-corrected chi connectivity index (χ0v) is 14.0. The topological polar surface area (TPSA) is 103 Å². The van der Waals surface area contributed by atoms with Crippen molar-refractivity contribution < 1.29 is 14.3 Å². The monoisotopic (exact) mass is 352 g/mol. The van der Waals surface area contributed by atoms with Crippen LogP contribution in [-0.2, 0) is 16.1 Å². The number of methoxy groups -OCH3 is 1. The average molecular weight is 352 g/mol. The van der Waals surface area contributed by atoms with Crippen LogP contribution >= 0.6 is 0 Å². The van der Waals surface area contributed by atoms with Gasteiger partial charge >= 0.3 is 5.97 Å². The molecule has 0 saturated heterocycles. The van der Waals surface area contributed by atoms with E-state index in [1.807, 2.05) is 30.3 Å². The Balaban J connectivity index is 2.05. The van der Waals surface area contributed by atoms with Gasteiger partial charge in [-0.2, -0.15) is 0 Å². The molecule has 1 aromatic carbocycles. The highest BCUT2D eigenvalue weighted by Crippen LogP contribution is 2.10. The molecule has 3 aromatic rings. The molecule has 0 aliphatic carbocycles. The Kier molecular flexibility index (Phi) is 5.02. The van der Waals surface area contributed by atoms with Gasteiger partial charge in [0.05, 0.1) is 13.7 Å². The minimum Gasteiger partial charge on any atom is -0.468 e. The van der Waals surface area contributed by atoms with Crippen molar-refractivity contribution in [3.8, 4) is 0 Å². The first-order chi connectivity index (χ1) is 12.6. The van der Waals surface area contributed by atoms with Crippen LogP contribution in [0.2, 0.25) is 0 Å². The molecule has 1 amide bonds. The Hall–Kier alpha value is -3.55. The molecule has 0 aliphatic heterocycles. The number of esters is 1. The van der Waals surface area contributed by atoms with Crippen LogP contribution in [0.15, 0.2) is 53.5 Å². The van der Waals surface area contributed by atoms with Crippen molar-refractivity contribution in [2.45, 2.75) is 6.54 Å². The third kappa shape index (κ3) is 3.59. The molecule has 1 N–H and O–H groups in total. The van der Waals surface area contributed by atoms with Crippen LogP contribution in [0.4, 0.5) is 0 Å². The molecule has 0 atom stereocenters. The van der Waals surface area contributed by atoms with Gasteiger partial charge in [0, 0.05) is 6.20 Å². The van der Waals surface area contributed by atoms with Crippen LogP contribution < -0.4 is 10.9 Å². The summed E-state index contributed by atoms with van der Waals surface area (Å²) in [7, 11) is 1.21. The second-order valence-electron chi connectivity index (χ2n) is 5.44. The molecule has 8 nitrogen and oxygen atoms in total. The molecule has 26 heavy (non-hydrogen) atoms. The average Bonchev–Trinajstić information content (AvgIpc) is 2.68. The summed E-state index contributed by atoms with van der Waals surface area (Å²) in [5, 5.41) is 2.34. The summed E-state index contributed by atoms with van der Waals surface area (Å²) >= 11 is 0. The Morgan fingerprint density at radius 3 is 2.65 bits per heavy atom. The lowest BCUT2D eigenvalue weighted by Gasteiger charge is -2.11. The maximum atomic E-state index is 12.8. The fourth-order valence-electron chi connectivity index (χ4n) is 2.44. The van der Waals surface area contributed by atoms with Gasteiger partial charge in [-0.3, -0.25) is 19.0 Å². The Bertz CT molecular complexity index is 1010. The Labute approximate surface area is 148 Å². The van der Waals surface area contributed by atoms with Crippen LogP contribution in [0.3, 0.4) is 0 Å². The number of amides is 1. The quantitative estimate of drug-likeness (QED) is 0.680. The molecule has 2 heterocycles. The maximum Gasteiger partial charge on any atom is 0.325 e. The Morgan fingerprint density at radius 2 is 1.92 bits per heavy atom. The molecule has 132 valence electrons. The molecule has 0 fully saturated rings. The van der Waals surface area contributed by atoms with Crippen molar-refractivity contribution in [1.29, 1.82) is 0 Å². The van der Waals surface area contributed by atoms with E-state index in [9.17, 15) is 14.4 Å². The van der Waals surface area contributed by atoms with Crippen molar-refractivity contribution >= 4 is 23.0 Å². The summed E-state index contributed by atoms with van der Waals surface area (Å²) in [5.74, 6) is -1.36. The SMILES string of the molecule is COC(=O)CNC(=O)c1nc2cccnc2n(Cc2ccccc2)c1=O. The van der Waals surface area contributed by atoms with Crippen molar-refractivity contribution in [3.05, 3.63) is 70.3 Å². The maximum absolute atomic E-state index is 12.8. The highest BCUT2D eigenvalue weighted by molar-refractivity contribution is 5.95. The predicted octanol–water partition coefficient (Wildman–Crippen LogP) is 0.743. The molecular formula is C18H16N4O4. The van der Waals surface area contributed by atoms with Crippen LogP contribution in [0.5, 0.6) is 0 Å². The van der Waals surface area contributed by atoms with Crippen LogP contribution in [-0.4, -0.2) is 40.1 Å². The summed E-state index contributed by atoms with van der Waals surface area (Å²) in [4.78, 5) is 44.7. The first-order valence-corrected chi connectivity index (χ1v) is 7.84. The summed E-state index contributed by atoms with van der Waals surface area (Å²) in [5.41, 5.74) is 0.790. The van der Waals surface area contributed by atoms with E-state index in [0.29, 0.717) is 11.2 Å². The number of pyridine rings is 1. The van der Waals surface area contributed by atoms with Gasteiger partial charge in [-0.1, -0.05) is 30.3 Å². The largest absolute Gasteiger partial charge is 0.468 e. The number of carbonyl (C=O) groups excluding carboxylic acids is 2. The predicted molar refractivity (Wildman–Crippen MR) is 93.7 cm³/mol. The van der Waals surface area contributed by atoms with E-state index in [2.05, 4.69) is 20.0 Å². The van der Waals surface area contributed by atoms with Crippen molar-refractivity contribution in [2.24, 2.45) is 0 Å². The third-order valence-corrected chi connectivity index (χ3v) is 3.72. The van der Waals surface area contributed by atoms with Crippen molar-refractivity contribution in [1.82, 2.24) is 19.9 Å². The van der Waals surface area contributed by atoms with E-state index in [1.165, 1.54) is 11.7 Å². The van der Waals surface area contributed by atoms with Gasteiger partial charge in [0.15, 0.2) is 11.3 Å². The minimum atomic E-state index is -0.743. The number of rotatable bonds is 5. The first-order valence-electron chi connectivity index (χ1n) is 7.84. The molecule has 0 unspecified atom stereocenters. The second-order valence-corrected chi connectivity index (χ2v) is 5.44. The summed E-state index contributed by atoms with van der Waals surface area (Å²) in [6.45, 7) is -0.104. The summed E-state index contributed by atoms with van der Waals surface area (Å²) in [6.07, 6.45) is 1.56. The van der Waals surface area contributed by atoms with Gasteiger partial charge in [0.1, 0.15) is 12.1 Å². The number of carbonyl (C=O) groups is 2. The van der Waals surface area contributed by atoms with Gasteiger partial charge < -0.3 is 10.1 Å². The van der Waals surface area contributed by atoms with E-state index >= 15 is 0 Å². The highest BCUT2D eigenvalue weighted by atomic mass is 16.5. The number of aromatic nitrogens is 3. The molecular weight excluding hydrogens is 336 g/mol. The Morgan fingerprint density at radius 1 is 1.15 bits per heavy atom. The van der Waals surface area contributed by atoms with Crippen LogP contribution in [0.25, 0.3) is 11.2 Å². The zero-order valence-electron chi connectivity index (χ0n) is 14.0. The van der Waals surface area contributed by atoms with E-state index < -0.39 is 17.4 Å². The smallest absolute Gasteiger partial charge is 0.325 e. The number of ether oxygens (including phenoxy) is 1. The van der Waals surface area contributed by atoms with Gasteiger partial charge in [-0.25, -0.2) is 9.97 Å². The lowest BCUT2D eigenvalue weighted by Crippen LogP contribution is -2.37. The van der Waals surface area contributed by atoms with Gasteiger partial charge in [-0.05, 0) is 17.7 Å². The molecule has 0 aliphatic rings. The van der Waals surface area contributed by atoms with Gasteiger partial charge in [-0.15, -0.1) is 0 Å². The zero-order chi connectivity index (χ0) is 18.5.